The number of fused-ring (bicyclic) bond motifs is 1. The molecule has 4 heterocycles. The fourth-order valence-electron chi connectivity index (χ4n) is 3.43. The molecule has 0 aliphatic carbocycles. The molecule has 1 saturated heterocycles. The Morgan fingerprint density at radius 1 is 1.31 bits per heavy atom. The van der Waals surface area contributed by atoms with Gasteiger partial charge in [0.2, 0.25) is 0 Å². The van der Waals surface area contributed by atoms with Gasteiger partial charge in [-0.2, -0.15) is 0 Å². The van der Waals surface area contributed by atoms with Gasteiger partial charge in [-0.1, -0.05) is 6.07 Å². The number of amides is 2. The second-order valence-corrected chi connectivity index (χ2v) is 8.33. The van der Waals surface area contributed by atoms with Crippen LogP contribution in [0.15, 0.2) is 40.1 Å². The Balaban J connectivity index is 1.47. The van der Waals surface area contributed by atoms with Gasteiger partial charge < -0.3 is 10.2 Å². The molecular formula is C18H20N4O2S2. The van der Waals surface area contributed by atoms with Crippen LogP contribution in [0.2, 0.25) is 0 Å². The number of urea groups is 1. The van der Waals surface area contributed by atoms with Crippen LogP contribution in [0, 0.1) is 0 Å². The Hall–Kier alpha value is -2.19. The van der Waals surface area contributed by atoms with E-state index in [9.17, 15) is 9.59 Å². The number of thiazole rings is 1. The highest BCUT2D eigenvalue weighted by molar-refractivity contribution is 7.15. The molecule has 3 aromatic heterocycles. The number of aromatic nitrogens is 2. The van der Waals surface area contributed by atoms with E-state index in [0.717, 1.165) is 38.6 Å². The molecule has 3 aromatic rings. The molecule has 0 aromatic carbocycles. The zero-order valence-electron chi connectivity index (χ0n) is 14.3. The molecule has 1 aliphatic heterocycles. The van der Waals surface area contributed by atoms with Gasteiger partial charge in [0.05, 0.1) is 6.20 Å². The van der Waals surface area contributed by atoms with Crippen LogP contribution < -0.4 is 10.9 Å². The van der Waals surface area contributed by atoms with Crippen LogP contribution in [0.3, 0.4) is 0 Å². The summed E-state index contributed by atoms with van der Waals surface area (Å²) in [5, 5.41) is 6.67. The van der Waals surface area contributed by atoms with Crippen LogP contribution in [-0.4, -0.2) is 32.9 Å². The minimum Gasteiger partial charge on any atom is -0.322 e. The van der Waals surface area contributed by atoms with E-state index in [1.54, 1.807) is 22.9 Å². The van der Waals surface area contributed by atoms with Crippen LogP contribution in [-0.2, 0) is 6.42 Å². The van der Waals surface area contributed by atoms with Crippen LogP contribution in [0.25, 0.3) is 4.96 Å². The van der Waals surface area contributed by atoms with Gasteiger partial charge in [0, 0.05) is 29.0 Å². The second kappa shape index (κ2) is 7.59. The third-order valence-corrected chi connectivity index (χ3v) is 6.48. The number of nitrogens with one attached hydrogen (secondary N) is 1. The van der Waals surface area contributed by atoms with Crippen molar-refractivity contribution in [3.63, 3.8) is 0 Å². The quantitative estimate of drug-likeness (QED) is 0.738. The lowest BCUT2D eigenvalue weighted by Gasteiger charge is -2.35. The number of hydrogen-bond acceptors (Lipinski definition) is 5. The molecule has 0 bridgehead atoms. The standard InChI is InChI=1S/C18H20N4O2S2/c23-16-15(12-19-18-22(16)9-11-26-18)20-17(24)21-8-2-1-4-13(21)6-7-14-5-3-10-25-14/h3,5,9-13H,1-2,4,6-8H2,(H,20,24)/t13-/m1/s1. The molecule has 0 radical (unpaired) electrons. The first-order valence-corrected chi connectivity index (χ1v) is 10.5. The lowest BCUT2D eigenvalue weighted by atomic mass is 9.98. The van der Waals surface area contributed by atoms with Gasteiger partial charge in [0.15, 0.2) is 4.96 Å². The van der Waals surface area contributed by atoms with Crippen molar-refractivity contribution >= 4 is 39.4 Å². The Morgan fingerprint density at radius 3 is 3.08 bits per heavy atom. The maximum Gasteiger partial charge on any atom is 0.322 e. The molecule has 0 unspecified atom stereocenters. The van der Waals surface area contributed by atoms with Gasteiger partial charge in [-0.05, 0) is 43.6 Å². The maximum atomic E-state index is 12.8. The van der Waals surface area contributed by atoms with Gasteiger partial charge in [-0.25, -0.2) is 9.78 Å². The van der Waals surface area contributed by atoms with Crippen molar-refractivity contribution in [1.29, 1.82) is 0 Å². The molecule has 1 N–H and O–H groups in total. The van der Waals surface area contributed by atoms with E-state index in [2.05, 4.69) is 27.8 Å². The molecule has 6 nitrogen and oxygen atoms in total. The van der Waals surface area contributed by atoms with E-state index in [0.29, 0.717) is 4.96 Å². The minimum atomic E-state index is -0.239. The number of thiophene rings is 1. The summed E-state index contributed by atoms with van der Waals surface area (Å²) in [7, 11) is 0. The first-order chi connectivity index (χ1) is 12.7. The SMILES string of the molecule is O=C(Nc1cnc2sccn2c1=O)N1CCCC[C@@H]1CCc1cccs1. The second-order valence-electron chi connectivity index (χ2n) is 6.42. The van der Waals surface area contributed by atoms with E-state index < -0.39 is 0 Å². The van der Waals surface area contributed by atoms with Crippen molar-refractivity contribution < 1.29 is 4.79 Å². The number of likely N-dealkylation sites (tertiary alicyclic amines) is 1. The third kappa shape index (κ3) is 3.52. The molecule has 1 aliphatic rings. The van der Waals surface area contributed by atoms with Crippen molar-refractivity contribution in [3.8, 4) is 0 Å². The van der Waals surface area contributed by atoms with E-state index in [1.807, 2.05) is 4.90 Å². The zero-order valence-corrected chi connectivity index (χ0v) is 15.9. The molecule has 8 heteroatoms. The van der Waals surface area contributed by atoms with E-state index in [1.165, 1.54) is 26.8 Å². The predicted molar refractivity (Wildman–Crippen MR) is 105 cm³/mol. The molecule has 4 rings (SSSR count). The van der Waals surface area contributed by atoms with E-state index in [4.69, 9.17) is 0 Å². The van der Waals surface area contributed by atoms with Crippen LogP contribution >= 0.6 is 22.7 Å². The van der Waals surface area contributed by atoms with Crippen molar-refractivity contribution in [2.75, 3.05) is 11.9 Å². The summed E-state index contributed by atoms with van der Waals surface area (Å²) in [5.41, 5.74) is -0.00905. The molecule has 0 spiro atoms. The summed E-state index contributed by atoms with van der Waals surface area (Å²) in [4.78, 5) is 33.4. The molecule has 136 valence electrons. The first-order valence-electron chi connectivity index (χ1n) is 8.77. The van der Waals surface area contributed by atoms with Gasteiger partial charge in [0.1, 0.15) is 5.69 Å². The summed E-state index contributed by atoms with van der Waals surface area (Å²) >= 11 is 3.15. The number of carbonyl (C=O) groups excluding carboxylic acids is 1. The predicted octanol–water partition coefficient (Wildman–Crippen LogP) is 3.84. The molecule has 0 saturated carbocycles. The zero-order chi connectivity index (χ0) is 17.9. The average Bonchev–Trinajstić information content (AvgIpc) is 3.34. The molecular weight excluding hydrogens is 368 g/mol. The van der Waals surface area contributed by atoms with Crippen LogP contribution in [0.4, 0.5) is 10.5 Å². The molecule has 1 fully saturated rings. The van der Waals surface area contributed by atoms with E-state index >= 15 is 0 Å². The smallest absolute Gasteiger partial charge is 0.322 e. The largest absolute Gasteiger partial charge is 0.322 e. The number of carbonyl (C=O) groups is 1. The minimum absolute atomic E-state index is 0.199. The molecule has 1 atom stereocenters. The summed E-state index contributed by atoms with van der Waals surface area (Å²) in [5.74, 6) is 0. The van der Waals surface area contributed by atoms with Gasteiger partial charge >= 0.3 is 6.03 Å². The monoisotopic (exact) mass is 388 g/mol. The fraction of sp³-hybridized carbons (Fsp3) is 0.389. The highest BCUT2D eigenvalue weighted by atomic mass is 32.1. The third-order valence-electron chi connectivity index (χ3n) is 4.78. The Kier molecular flexibility index (Phi) is 5.03. The Labute approximate surface area is 159 Å². The van der Waals surface area contributed by atoms with Gasteiger partial charge in [-0.3, -0.25) is 9.20 Å². The number of aryl methyl sites for hydroxylation is 1. The summed E-state index contributed by atoms with van der Waals surface area (Å²) in [6, 6.07) is 4.22. The van der Waals surface area contributed by atoms with Crippen molar-refractivity contribution in [2.24, 2.45) is 0 Å². The lowest BCUT2D eigenvalue weighted by Crippen LogP contribution is -2.46. The van der Waals surface area contributed by atoms with Crippen LogP contribution in [0.1, 0.15) is 30.6 Å². The Morgan fingerprint density at radius 2 is 2.23 bits per heavy atom. The number of hydrogen-bond donors (Lipinski definition) is 1. The molecule has 2 amide bonds. The number of rotatable bonds is 4. The van der Waals surface area contributed by atoms with Gasteiger partial charge in [0.25, 0.3) is 5.56 Å². The summed E-state index contributed by atoms with van der Waals surface area (Å²) < 4.78 is 1.46. The summed E-state index contributed by atoms with van der Waals surface area (Å²) in [6.07, 6.45) is 8.23. The molecule has 26 heavy (non-hydrogen) atoms. The lowest BCUT2D eigenvalue weighted by molar-refractivity contribution is 0.158. The maximum absolute atomic E-state index is 12.8. The van der Waals surface area contributed by atoms with Crippen molar-refractivity contribution in [3.05, 3.63) is 50.5 Å². The van der Waals surface area contributed by atoms with Crippen LogP contribution in [0.5, 0.6) is 0 Å². The van der Waals surface area contributed by atoms with Crippen molar-refractivity contribution in [2.45, 2.75) is 38.1 Å². The topological polar surface area (TPSA) is 66.7 Å². The highest BCUT2D eigenvalue weighted by Crippen LogP contribution is 2.23. The Bertz CT molecular complexity index is 948. The number of anilines is 1. The first kappa shape index (κ1) is 17.2. The normalized spacial score (nSPS) is 17.5. The van der Waals surface area contributed by atoms with Crippen molar-refractivity contribution in [1.82, 2.24) is 14.3 Å². The van der Waals surface area contributed by atoms with E-state index in [-0.39, 0.29) is 23.3 Å². The van der Waals surface area contributed by atoms with Gasteiger partial charge in [-0.15, -0.1) is 22.7 Å². The number of piperidine rings is 1. The summed E-state index contributed by atoms with van der Waals surface area (Å²) in [6.45, 7) is 0.733. The average molecular weight is 389 g/mol. The highest BCUT2D eigenvalue weighted by Gasteiger charge is 2.27. The fourth-order valence-corrected chi connectivity index (χ4v) is 4.83. The number of nitrogens with zero attached hydrogens (tertiary/aromatic N) is 3.